The van der Waals surface area contributed by atoms with Gasteiger partial charge in [-0.2, -0.15) is 0 Å². The van der Waals surface area contributed by atoms with Crippen LogP contribution in [-0.4, -0.2) is 54.8 Å². The molecule has 1 amide bonds. The van der Waals surface area contributed by atoms with Crippen LogP contribution in [0.25, 0.3) is 0 Å². The molecule has 0 radical (unpaired) electrons. The molecule has 1 aliphatic heterocycles. The number of rotatable bonds is 7. The Kier molecular flexibility index (Phi) is 6.11. The molecule has 27 heavy (non-hydrogen) atoms. The molecule has 0 bridgehead atoms. The third kappa shape index (κ3) is 5.07. The van der Waals surface area contributed by atoms with Crippen molar-refractivity contribution in [1.82, 2.24) is 9.88 Å². The van der Waals surface area contributed by atoms with Crippen LogP contribution < -0.4 is 5.32 Å². The van der Waals surface area contributed by atoms with Crippen LogP contribution in [0.3, 0.4) is 0 Å². The number of amides is 1. The third-order valence-electron chi connectivity index (χ3n) is 4.82. The van der Waals surface area contributed by atoms with Crippen molar-refractivity contribution < 1.29 is 13.2 Å². The molecule has 0 saturated carbocycles. The number of hydrogen-bond donors (Lipinski definition) is 1. The van der Waals surface area contributed by atoms with Crippen molar-refractivity contribution >= 4 is 21.4 Å². The fourth-order valence-corrected chi connectivity index (χ4v) is 5.13. The first-order valence-corrected chi connectivity index (χ1v) is 11.0. The van der Waals surface area contributed by atoms with Crippen LogP contribution >= 0.6 is 0 Å². The minimum atomic E-state index is -3.03. The number of aromatic nitrogens is 1. The standard InChI is InChI=1S/C20H25N3O3S/c1-2-23(19-9-11-27(25,26)15-19)20(24)17-12-18(14-21-13-17)22-10-8-16-6-4-3-5-7-16/h3-7,12-14,19,22H,2,8-11,15H2,1H3. The highest BCUT2D eigenvalue weighted by atomic mass is 32.2. The fourth-order valence-electron chi connectivity index (χ4n) is 3.40. The Labute approximate surface area is 160 Å². The summed E-state index contributed by atoms with van der Waals surface area (Å²) < 4.78 is 23.5. The quantitative estimate of drug-likeness (QED) is 0.789. The van der Waals surface area contributed by atoms with Crippen LogP contribution in [0.1, 0.15) is 29.3 Å². The van der Waals surface area contributed by atoms with E-state index in [-0.39, 0.29) is 23.5 Å². The van der Waals surface area contributed by atoms with E-state index in [1.54, 1.807) is 17.2 Å². The van der Waals surface area contributed by atoms with Gasteiger partial charge in [-0.3, -0.25) is 9.78 Å². The van der Waals surface area contributed by atoms with E-state index in [1.165, 1.54) is 11.8 Å². The number of nitrogens with one attached hydrogen (secondary N) is 1. The van der Waals surface area contributed by atoms with Gasteiger partial charge < -0.3 is 10.2 Å². The van der Waals surface area contributed by atoms with E-state index >= 15 is 0 Å². The van der Waals surface area contributed by atoms with Crippen LogP contribution in [0.5, 0.6) is 0 Å². The minimum Gasteiger partial charge on any atom is -0.383 e. The summed E-state index contributed by atoms with van der Waals surface area (Å²) >= 11 is 0. The van der Waals surface area contributed by atoms with E-state index in [0.717, 1.165) is 18.7 Å². The van der Waals surface area contributed by atoms with E-state index in [2.05, 4.69) is 22.4 Å². The molecule has 6 nitrogen and oxygen atoms in total. The lowest BCUT2D eigenvalue weighted by atomic mass is 10.1. The highest BCUT2D eigenvalue weighted by Gasteiger charge is 2.34. The predicted molar refractivity (Wildman–Crippen MR) is 107 cm³/mol. The Morgan fingerprint density at radius 1 is 1.26 bits per heavy atom. The molecule has 0 spiro atoms. The minimum absolute atomic E-state index is 0.0506. The number of pyridine rings is 1. The number of sulfone groups is 1. The molecular formula is C20H25N3O3S. The number of nitrogens with zero attached hydrogens (tertiary/aromatic N) is 2. The summed E-state index contributed by atoms with van der Waals surface area (Å²) in [7, 11) is -3.03. The molecule has 1 N–H and O–H groups in total. The second-order valence-electron chi connectivity index (χ2n) is 6.77. The molecule has 1 aromatic carbocycles. The van der Waals surface area contributed by atoms with E-state index in [4.69, 9.17) is 0 Å². The molecule has 1 saturated heterocycles. The van der Waals surface area contributed by atoms with Crippen LogP contribution in [0.15, 0.2) is 48.8 Å². The molecule has 3 rings (SSSR count). The Hall–Kier alpha value is -2.41. The van der Waals surface area contributed by atoms with Crippen molar-refractivity contribution in [1.29, 1.82) is 0 Å². The van der Waals surface area contributed by atoms with Crippen molar-refractivity contribution in [2.24, 2.45) is 0 Å². The fraction of sp³-hybridized carbons (Fsp3) is 0.400. The van der Waals surface area contributed by atoms with Gasteiger partial charge in [0.1, 0.15) is 0 Å². The van der Waals surface area contributed by atoms with Crippen molar-refractivity contribution in [3.63, 3.8) is 0 Å². The van der Waals surface area contributed by atoms with Crippen LogP contribution in [0.4, 0.5) is 5.69 Å². The smallest absolute Gasteiger partial charge is 0.255 e. The molecular weight excluding hydrogens is 362 g/mol. The number of hydrogen-bond acceptors (Lipinski definition) is 5. The summed E-state index contributed by atoms with van der Waals surface area (Å²) in [5, 5.41) is 3.30. The maximum absolute atomic E-state index is 12.9. The lowest BCUT2D eigenvalue weighted by Gasteiger charge is -2.27. The maximum atomic E-state index is 12.9. The zero-order valence-electron chi connectivity index (χ0n) is 15.5. The summed E-state index contributed by atoms with van der Waals surface area (Å²) in [4.78, 5) is 18.7. The molecule has 1 aliphatic rings. The first kappa shape index (κ1) is 19.4. The predicted octanol–water partition coefficient (Wildman–Crippen LogP) is 2.39. The molecule has 0 aliphatic carbocycles. The summed E-state index contributed by atoms with van der Waals surface area (Å²) in [5.74, 6) is 0.0364. The van der Waals surface area contributed by atoms with Gasteiger partial charge in [-0.1, -0.05) is 30.3 Å². The number of anilines is 1. The average molecular weight is 388 g/mol. The van der Waals surface area contributed by atoms with Gasteiger partial charge in [0.05, 0.1) is 22.8 Å². The first-order chi connectivity index (χ1) is 13.0. The van der Waals surface area contributed by atoms with Crippen molar-refractivity contribution in [2.45, 2.75) is 25.8 Å². The summed E-state index contributed by atoms with van der Waals surface area (Å²) in [5.41, 5.74) is 2.50. The van der Waals surface area contributed by atoms with E-state index in [1.807, 2.05) is 25.1 Å². The van der Waals surface area contributed by atoms with E-state index in [0.29, 0.717) is 18.5 Å². The van der Waals surface area contributed by atoms with E-state index < -0.39 is 9.84 Å². The highest BCUT2D eigenvalue weighted by molar-refractivity contribution is 7.91. The van der Waals surface area contributed by atoms with Crippen molar-refractivity contribution in [3.8, 4) is 0 Å². The summed E-state index contributed by atoms with van der Waals surface area (Å²) in [6, 6.07) is 11.7. The van der Waals surface area contributed by atoms with Crippen LogP contribution in [-0.2, 0) is 16.3 Å². The molecule has 1 aromatic heterocycles. The summed E-state index contributed by atoms with van der Waals surface area (Å²) in [6.45, 7) is 3.09. The number of carbonyl (C=O) groups is 1. The van der Waals surface area contributed by atoms with Gasteiger partial charge >= 0.3 is 0 Å². The Bertz CT molecular complexity index is 884. The van der Waals surface area contributed by atoms with Gasteiger partial charge in [-0.15, -0.1) is 0 Å². The molecule has 2 heterocycles. The molecule has 7 heteroatoms. The van der Waals surface area contributed by atoms with Crippen molar-refractivity contribution in [2.75, 3.05) is 29.9 Å². The molecule has 1 unspecified atom stereocenters. The molecule has 1 fully saturated rings. The van der Waals surface area contributed by atoms with Gasteiger partial charge in [0.25, 0.3) is 5.91 Å². The molecule has 144 valence electrons. The Balaban J connectivity index is 1.64. The Morgan fingerprint density at radius 3 is 2.70 bits per heavy atom. The number of carbonyl (C=O) groups excluding carboxylic acids is 1. The first-order valence-electron chi connectivity index (χ1n) is 9.23. The Morgan fingerprint density at radius 2 is 2.04 bits per heavy atom. The maximum Gasteiger partial charge on any atom is 0.255 e. The topological polar surface area (TPSA) is 79.4 Å². The van der Waals surface area contributed by atoms with Gasteiger partial charge in [0.2, 0.25) is 0 Å². The number of benzene rings is 1. The molecule has 2 aromatic rings. The van der Waals surface area contributed by atoms with Gasteiger partial charge in [-0.05, 0) is 31.4 Å². The third-order valence-corrected chi connectivity index (χ3v) is 6.57. The average Bonchev–Trinajstić information content (AvgIpc) is 3.03. The summed E-state index contributed by atoms with van der Waals surface area (Å²) in [6.07, 6.45) is 4.61. The lowest BCUT2D eigenvalue weighted by molar-refractivity contribution is 0.0708. The lowest BCUT2D eigenvalue weighted by Crippen LogP contribution is -2.41. The highest BCUT2D eigenvalue weighted by Crippen LogP contribution is 2.20. The van der Waals surface area contributed by atoms with Crippen molar-refractivity contribution in [3.05, 3.63) is 59.9 Å². The zero-order chi connectivity index (χ0) is 19.3. The monoisotopic (exact) mass is 387 g/mol. The van der Waals surface area contributed by atoms with Crippen LogP contribution in [0.2, 0.25) is 0 Å². The largest absolute Gasteiger partial charge is 0.383 e. The van der Waals surface area contributed by atoms with E-state index in [9.17, 15) is 13.2 Å². The molecule has 1 atom stereocenters. The van der Waals surface area contributed by atoms with Gasteiger partial charge in [0, 0.05) is 31.5 Å². The van der Waals surface area contributed by atoms with Crippen LogP contribution in [0, 0.1) is 0 Å². The second kappa shape index (κ2) is 8.52. The van der Waals surface area contributed by atoms with Gasteiger partial charge in [-0.25, -0.2) is 8.42 Å². The normalized spacial score (nSPS) is 18.2. The van der Waals surface area contributed by atoms with Gasteiger partial charge in [0.15, 0.2) is 9.84 Å². The second-order valence-corrected chi connectivity index (χ2v) is 9.00. The SMILES string of the molecule is CCN(C(=O)c1cncc(NCCc2ccccc2)c1)C1CCS(=O)(=O)C1. The zero-order valence-corrected chi connectivity index (χ0v) is 16.3.